The standard InChI is InChI=1S/C16H18N4O6S/c1-9-10(2)20(3)14(21)13(17-9)18-16(23)19-27(24,25)12-8-6-5-7-11(12)15(22)26-4/h5-8H,1-4H3,(H2,17,18,19,23). The van der Waals surface area contributed by atoms with Gasteiger partial charge in [-0.2, -0.15) is 0 Å². The first-order valence-corrected chi connectivity index (χ1v) is 9.12. The van der Waals surface area contributed by atoms with Crippen LogP contribution >= 0.6 is 0 Å². The van der Waals surface area contributed by atoms with Gasteiger partial charge in [0.15, 0.2) is 0 Å². The molecule has 0 unspecified atom stereocenters. The van der Waals surface area contributed by atoms with Gasteiger partial charge in [-0.15, -0.1) is 0 Å². The van der Waals surface area contributed by atoms with Crippen LogP contribution in [0.2, 0.25) is 0 Å². The number of amides is 2. The van der Waals surface area contributed by atoms with Crippen LogP contribution in [-0.2, 0) is 21.8 Å². The van der Waals surface area contributed by atoms with E-state index in [0.29, 0.717) is 11.4 Å². The van der Waals surface area contributed by atoms with Crippen molar-refractivity contribution in [3.63, 3.8) is 0 Å². The normalized spacial score (nSPS) is 11.0. The van der Waals surface area contributed by atoms with Gasteiger partial charge in [0.2, 0.25) is 5.82 Å². The summed E-state index contributed by atoms with van der Waals surface area (Å²) in [6.45, 7) is 3.32. The number of urea groups is 1. The second kappa shape index (κ2) is 7.58. The number of aryl methyl sites for hydroxylation is 1. The van der Waals surface area contributed by atoms with E-state index in [1.165, 1.54) is 29.8 Å². The molecule has 1 aromatic carbocycles. The Morgan fingerprint density at radius 3 is 2.44 bits per heavy atom. The first-order valence-electron chi connectivity index (χ1n) is 7.64. The molecule has 0 saturated carbocycles. The molecule has 0 aliphatic carbocycles. The Hall–Kier alpha value is -3.21. The topological polar surface area (TPSA) is 136 Å². The first kappa shape index (κ1) is 20.1. The molecule has 1 aromatic heterocycles. The highest BCUT2D eigenvalue weighted by atomic mass is 32.2. The van der Waals surface area contributed by atoms with Crippen molar-refractivity contribution in [2.75, 3.05) is 12.4 Å². The second-order valence-electron chi connectivity index (χ2n) is 5.54. The van der Waals surface area contributed by atoms with Crippen molar-refractivity contribution < 1.29 is 22.7 Å². The number of hydrogen-bond acceptors (Lipinski definition) is 7. The smallest absolute Gasteiger partial charge is 0.339 e. The van der Waals surface area contributed by atoms with Crippen molar-refractivity contribution >= 4 is 27.8 Å². The number of rotatable bonds is 4. The zero-order chi connectivity index (χ0) is 20.4. The maximum absolute atomic E-state index is 12.5. The van der Waals surface area contributed by atoms with E-state index in [2.05, 4.69) is 15.0 Å². The van der Waals surface area contributed by atoms with Gasteiger partial charge in [-0.1, -0.05) is 12.1 Å². The molecule has 0 saturated heterocycles. The van der Waals surface area contributed by atoms with Gasteiger partial charge < -0.3 is 9.30 Å². The fourth-order valence-electron chi connectivity index (χ4n) is 2.22. The van der Waals surface area contributed by atoms with Gasteiger partial charge in [0.25, 0.3) is 15.6 Å². The third-order valence-electron chi connectivity index (χ3n) is 3.85. The monoisotopic (exact) mass is 394 g/mol. The molecule has 0 radical (unpaired) electrons. The zero-order valence-electron chi connectivity index (χ0n) is 15.1. The number of sulfonamides is 1. The number of methoxy groups -OCH3 is 1. The van der Waals surface area contributed by atoms with Crippen molar-refractivity contribution in [1.29, 1.82) is 0 Å². The van der Waals surface area contributed by atoms with Crippen LogP contribution in [-0.4, -0.2) is 37.1 Å². The summed E-state index contributed by atoms with van der Waals surface area (Å²) in [6.07, 6.45) is 0. The molecule has 2 amide bonds. The molecular weight excluding hydrogens is 376 g/mol. The minimum atomic E-state index is -4.41. The lowest BCUT2D eigenvalue weighted by molar-refractivity contribution is 0.0596. The Morgan fingerprint density at radius 1 is 1.19 bits per heavy atom. The van der Waals surface area contributed by atoms with Gasteiger partial charge in [-0.05, 0) is 26.0 Å². The van der Waals surface area contributed by atoms with Crippen molar-refractivity contribution in [1.82, 2.24) is 14.3 Å². The van der Waals surface area contributed by atoms with E-state index in [4.69, 9.17) is 0 Å². The number of esters is 1. The fourth-order valence-corrected chi connectivity index (χ4v) is 3.33. The number of carbonyl (C=O) groups is 2. The number of nitrogens with one attached hydrogen (secondary N) is 2. The Labute approximate surface area is 155 Å². The lowest BCUT2D eigenvalue weighted by Gasteiger charge is -2.12. The van der Waals surface area contributed by atoms with Gasteiger partial charge in [-0.3, -0.25) is 10.1 Å². The predicted octanol–water partition coefficient (Wildman–Crippen LogP) is 0.694. The summed E-state index contributed by atoms with van der Waals surface area (Å²) < 4.78 is 32.5. The third kappa shape index (κ3) is 4.14. The van der Waals surface area contributed by atoms with E-state index < -0.39 is 32.5 Å². The summed E-state index contributed by atoms with van der Waals surface area (Å²) in [5.74, 6) is -1.20. The van der Waals surface area contributed by atoms with Crippen LogP contribution in [0.25, 0.3) is 0 Å². The highest BCUT2D eigenvalue weighted by Gasteiger charge is 2.25. The number of nitrogens with zero attached hydrogens (tertiary/aromatic N) is 2. The highest BCUT2D eigenvalue weighted by Crippen LogP contribution is 2.16. The summed E-state index contributed by atoms with van der Waals surface area (Å²) in [7, 11) is -1.80. The third-order valence-corrected chi connectivity index (χ3v) is 5.24. The van der Waals surface area contributed by atoms with E-state index >= 15 is 0 Å². The van der Waals surface area contributed by atoms with Gasteiger partial charge >= 0.3 is 12.0 Å². The van der Waals surface area contributed by atoms with Gasteiger partial charge in [-0.25, -0.2) is 27.7 Å². The number of ether oxygens (including phenoxy) is 1. The zero-order valence-corrected chi connectivity index (χ0v) is 15.9. The molecule has 0 spiro atoms. The van der Waals surface area contributed by atoms with E-state index in [1.54, 1.807) is 18.6 Å². The Balaban J connectivity index is 2.32. The fraction of sp³-hybridized carbons (Fsp3) is 0.250. The van der Waals surface area contributed by atoms with Crippen LogP contribution in [0.1, 0.15) is 21.7 Å². The van der Waals surface area contributed by atoms with Crippen LogP contribution in [0.4, 0.5) is 10.6 Å². The maximum atomic E-state index is 12.5. The summed E-state index contributed by atoms with van der Waals surface area (Å²) in [5, 5.41) is 2.12. The molecule has 0 aliphatic rings. The highest BCUT2D eigenvalue weighted by molar-refractivity contribution is 7.90. The molecule has 0 fully saturated rings. The molecule has 10 nitrogen and oxygen atoms in total. The first-order chi connectivity index (χ1) is 12.6. The molecular formula is C16H18N4O6S. The summed E-state index contributed by atoms with van der Waals surface area (Å²) in [4.78, 5) is 39.5. The summed E-state index contributed by atoms with van der Waals surface area (Å²) >= 11 is 0. The minimum absolute atomic E-state index is 0.236. The largest absolute Gasteiger partial charge is 0.465 e. The molecule has 2 N–H and O–H groups in total. The molecule has 0 aliphatic heterocycles. The summed E-state index contributed by atoms with van der Waals surface area (Å²) in [5.41, 5.74) is 0.262. The minimum Gasteiger partial charge on any atom is -0.465 e. The molecule has 27 heavy (non-hydrogen) atoms. The average molecular weight is 394 g/mol. The van der Waals surface area contributed by atoms with Gasteiger partial charge in [0.05, 0.1) is 18.4 Å². The SMILES string of the molecule is COC(=O)c1ccccc1S(=O)(=O)NC(=O)Nc1nc(C)c(C)n(C)c1=O. The van der Waals surface area contributed by atoms with Crippen LogP contribution in [0.15, 0.2) is 34.0 Å². The van der Waals surface area contributed by atoms with Gasteiger partial charge in [0, 0.05) is 12.7 Å². The summed E-state index contributed by atoms with van der Waals surface area (Å²) in [6, 6.07) is 4.05. The van der Waals surface area contributed by atoms with Crippen LogP contribution in [0.5, 0.6) is 0 Å². The molecule has 0 atom stereocenters. The Morgan fingerprint density at radius 2 is 1.81 bits per heavy atom. The lowest BCUT2D eigenvalue weighted by Crippen LogP contribution is -2.38. The van der Waals surface area contributed by atoms with E-state index in [0.717, 1.165) is 13.2 Å². The van der Waals surface area contributed by atoms with Crippen molar-refractivity contribution in [2.45, 2.75) is 18.7 Å². The van der Waals surface area contributed by atoms with Crippen LogP contribution < -0.4 is 15.6 Å². The van der Waals surface area contributed by atoms with Crippen molar-refractivity contribution in [2.24, 2.45) is 7.05 Å². The van der Waals surface area contributed by atoms with Crippen LogP contribution in [0.3, 0.4) is 0 Å². The number of aromatic nitrogens is 2. The number of carbonyl (C=O) groups excluding carboxylic acids is 2. The Kier molecular flexibility index (Phi) is 5.64. The molecule has 2 aromatic rings. The number of benzene rings is 1. The number of anilines is 1. The molecule has 1 heterocycles. The van der Waals surface area contributed by atoms with Crippen molar-refractivity contribution in [3.8, 4) is 0 Å². The van der Waals surface area contributed by atoms with Crippen LogP contribution in [0, 0.1) is 13.8 Å². The average Bonchev–Trinajstić information content (AvgIpc) is 2.63. The molecule has 0 bridgehead atoms. The van der Waals surface area contributed by atoms with E-state index in [9.17, 15) is 22.8 Å². The predicted molar refractivity (Wildman–Crippen MR) is 96.1 cm³/mol. The number of hydrogen-bond donors (Lipinski definition) is 2. The quantitative estimate of drug-likeness (QED) is 0.728. The second-order valence-corrected chi connectivity index (χ2v) is 7.19. The molecule has 11 heteroatoms. The molecule has 2 rings (SSSR count). The Bertz CT molecular complexity index is 1070. The maximum Gasteiger partial charge on any atom is 0.339 e. The lowest BCUT2D eigenvalue weighted by atomic mass is 10.2. The molecule has 144 valence electrons. The van der Waals surface area contributed by atoms with E-state index in [-0.39, 0.29) is 11.4 Å². The van der Waals surface area contributed by atoms with E-state index in [1.807, 2.05) is 0 Å². The van der Waals surface area contributed by atoms with Crippen molar-refractivity contribution in [3.05, 3.63) is 51.6 Å². The van der Waals surface area contributed by atoms with Gasteiger partial charge in [0.1, 0.15) is 4.90 Å².